The lowest BCUT2D eigenvalue weighted by Crippen LogP contribution is -2.31. The molecule has 1 unspecified atom stereocenters. The van der Waals surface area contributed by atoms with Gasteiger partial charge in [-0.2, -0.15) is 17.5 Å². The van der Waals surface area contributed by atoms with E-state index in [9.17, 15) is 31.5 Å². The van der Waals surface area contributed by atoms with Crippen molar-refractivity contribution in [2.45, 2.75) is 71.1 Å². The van der Waals surface area contributed by atoms with Crippen LogP contribution in [0.5, 0.6) is 0 Å². The lowest BCUT2D eigenvalue weighted by Gasteiger charge is -2.24. The van der Waals surface area contributed by atoms with E-state index in [0.29, 0.717) is 22.3 Å². The lowest BCUT2D eigenvalue weighted by molar-refractivity contribution is -0.154. The van der Waals surface area contributed by atoms with Crippen molar-refractivity contribution in [3.8, 4) is 11.1 Å². The zero-order valence-electron chi connectivity index (χ0n) is 24.6. The Morgan fingerprint density at radius 1 is 0.930 bits per heavy atom. The fourth-order valence-corrected chi connectivity index (χ4v) is 7.11. The fourth-order valence-electron chi connectivity index (χ4n) is 5.31. The summed E-state index contributed by atoms with van der Waals surface area (Å²) in [6.45, 7) is 7.94. The number of benzene rings is 3. The summed E-state index contributed by atoms with van der Waals surface area (Å²) in [5, 5.41) is 9.37. The number of alkyl halides is 3. The van der Waals surface area contributed by atoms with Crippen LogP contribution >= 0.6 is 0 Å². The Morgan fingerprint density at radius 2 is 1.56 bits per heavy atom. The van der Waals surface area contributed by atoms with Gasteiger partial charge in [0.05, 0.1) is 17.4 Å². The van der Waals surface area contributed by atoms with Crippen molar-refractivity contribution in [2.75, 3.05) is 0 Å². The van der Waals surface area contributed by atoms with E-state index in [0.717, 1.165) is 21.0 Å². The third kappa shape index (κ3) is 7.02. The monoisotopic (exact) mass is 613 g/mol. The van der Waals surface area contributed by atoms with E-state index < -0.39 is 40.4 Å². The van der Waals surface area contributed by atoms with E-state index in [-0.39, 0.29) is 29.2 Å². The molecule has 0 aliphatic rings. The molecule has 1 aromatic heterocycles. The maximum Gasteiger partial charge on any atom is 0.449 e. The Bertz CT molecular complexity index is 1720. The van der Waals surface area contributed by atoms with Gasteiger partial charge in [0.2, 0.25) is 15.8 Å². The van der Waals surface area contributed by atoms with Gasteiger partial charge in [-0.05, 0) is 73.6 Å². The summed E-state index contributed by atoms with van der Waals surface area (Å²) in [4.78, 5) is 11.5. The Kier molecular flexibility index (Phi) is 9.22. The van der Waals surface area contributed by atoms with Crippen molar-refractivity contribution < 1.29 is 35.9 Å². The third-order valence-corrected chi connectivity index (χ3v) is 9.53. The minimum absolute atomic E-state index is 0.0358. The molecule has 0 aliphatic heterocycles. The first-order valence-electron chi connectivity index (χ1n) is 13.8. The number of rotatable bonds is 10. The Hall–Kier alpha value is -3.89. The van der Waals surface area contributed by atoms with Crippen LogP contribution in [0.2, 0.25) is 0 Å². The van der Waals surface area contributed by atoms with Gasteiger partial charge in [0.25, 0.3) is 0 Å². The van der Waals surface area contributed by atoms with Gasteiger partial charge >= 0.3 is 12.1 Å². The molecule has 0 saturated heterocycles. The molecule has 43 heavy (non-hydrogen) atoms. The number of aryl methyl sites for hydroxylation is 4. The number of hydrogen-bond acceptors (Lipinski definition) is 4. The van der Waals surface area contributed by atoms with Gasteiger partial charge in [0, 0.05) is 12.1 Å². The van der Waals surface area contributed by atoms with Crippen LogP contribution in [-0.4, -0.2) is 23.8 Å². The maximum atomic E-state index is 14.1. The van der Waals surface area contributed by atoms with E-state index in [2.05, 4.69) is 0 Å². The molecular weight excluding hydrogens is 579 g/mol. The van der Waals surface area contributed by atoms with Crippen LogP contribution in [0, 0.1) is 20.8 Å². The van der Waals surface area contributed by atoms with E-state index in [1.807, 2.05) is 13.0 Å². The summed E-state index contributed by atoms with van der Waals surface area (Å²) >= 11 is 0. The second-order valence-corrected chi connectivity index (χ2v) is 12.7. The Balaban J connectivity index is 1.72. The minimum Gasteiger partial charge on any atom is -0.481 e. The molecule has 0 bridgehead atoms. The normalized spacial score (nSPS) is 13.0. The van der Waals surface area contributed by atoms with Gasteiger partial charge in [0.15, 0.2) is 0 Å². The maximum absolute atomic E-state index is 14.1. The van der Waals surface area contributed by atoms with Crippen LogP contribution in [0.4, 0.5) is 13.2 Å². The Morgan fingerprint density at radius 3 is 2.09 bits per heavy atom. The topological polar surface area (TPSA) is 87.8 Å². The number of halogens is 3. The number of carbonyl (C=O) groups is 1. The summed E-state index contributed by atoms with van der Waals surface area (Å²) in [6, 6.07) is 19.1. The zero-order chi connectivity index (χ0) is 31.7. The van der Waals surface area contributed by atoms with E-state index >= 15 is 0 Å². The van der Waals surface area contributed by atoms with Crippen molar-refractivity contribution in [1.29, 1.82) is 0 Å². The predicted octanol–water partition coefficient (Wildman–Crippen LogP) is 8.03. The molecule has 1 heterocycles. The molecule has 4 aromatic rings. The number of nitrogens with zero attached hydrogens (tertiary/aromatic N) is 1. The van der Waals surface area contributed by atoms with Crippen LogP contribution in [0.25, 0.3) is 11.1 Å². The molecule has 1 atom stereocenters. The minimum atomic E-state index is -4.70. The highest BCUT2D eigenvalue weighted by molar-refractivity contribution is 7.89. The van der Waals surface area contributed by atoms with Crippen molar-refractivity contribution in [2.24, 2.45) is 0 Å². The first-order valence-corrected chi connectivity index (χ1v) is 15.2. The second kappa shape index (κ2) is 12.4. The zero-order valence-corrected chi connectivity index (χ0v) is 25.4. The summed E-state index contributed by atoms with van der Waals surface area (Å²) in [6.07, 6.45) is -4.62. The van der Waals surface area contributed by atoms with Crippen LogP contribution in [0.1, 0.15) is 64.7 Å². The molecular formula is C33H34F3NO5S. The number of furan rings is 1. The predicted molar refractivity (Wildman–Crippen MR) is 158 cm³/mol. The molecule has 0 aliphatic carbocycles. The highest BCUT2D eigenvalue weighted by Crippen LogP contribution is 2.36. The molecule has 4 rings (SSSR count). The smallest absolute Gasteiger partial charge is 0.449 e. The number of sulfonamides is 1. The number of carboxylic acids is 1. The van der Waals surface area contributed by atoms with Crippen molar-refractivity contribution in [3.05, 3.63) is 112 Å². The molecule has 10 heteroatoms. The highest BCUT2D eigenvalue weighted by atomic mass is 32.2. The third-order valence-electron chi connectivity index (χ3n) is 7.44. The molecule has 0 saturated carbocycles. The van der Waals surface area contributed by atoms with E-state index in [1.165, 1.54) is 6.07 Å². The van der Waals surface area contributed by atoms with Gasteiger partial charge in [-0.25, -0.2) is 8.42 Å². The number of carboxylic acid groups (broad SMARTS) is 1. The second-order valence-electron chi connectivity index (χ2n) is 10.8. The summed E-state index contributed by atoms with van der Waals surface area (Å²) in [7, 11) is -4.17. The van der Waals surface area contributed by atoms with Crippen LogP contribution < -0.4 is 0 Å². The standard InChI is InChI=1S/C33H34F3NO5S/c1-6-25-17-29(42-31(25)33(34,35)36)19-37(43(40,41)30-21(3)14-20(2)15-22(30)4)18-24-10-12-26(13-11-24)28-9-7-8-27(16-28)23(5)32(38)39/h7-17,23H,6,18-19H2,1-5H3,(H,38,39). The largest absolute Gasteiger partial charge is 0.481 e. The van der Waals surface area contributed by atoms with E-state index in [4.69, 9.17) is 4.42 Å². The molecule has 1 N–H and O–H groups in total. The molecule has 0 radical (unpaired) electrons. The van der Waals surface area contributed by atoms with Crippen molar-refractivity contribution in [3.63, 3.8) is 0 Å². The molecule has 0 fully saturated rings. The van der Waals surface area contributed by atoms with Crippen molar-refractivity contribution in [1.82, 2.24) is 4.31 Å². The van der Waals surface area contributed by atoms with Gasteiger partial charge < -0.3 is 9.52 Å². The summed E-state index contributed by atoms with van der Waals surface area (Å²) in [5.41, 5.74) is 4.81. The molecule has 6 nitrogen and oxygen atoms in total. The molecule has 3 aromatic carbocycles. The van der Waals surface area contributed by atoms with Gasteiger partial charge in [-0.1, -0.05) is 73.2 Å². The molecule has 0 spiro atoms. The Labute approximate surface area is 249 Å². The van der Waals surface area contributed by atoms with Gasteiger partial charge in [-0.15, -0.1) is 0 Å². The van der Waals surface area contributed by atoms with Crippen LogP contribution in [-0.2, 0) is 40.5 Å². The van der Waals surface area contributed by atoms with Gasteiger partial charge in [-0.3, -0.25) is 4.79 Å². The average Bonchev–Trinajstić information content (AvgIpc) is 3.36. The molecule has 228 valence electrons. The van der Waals surface area contributed by atoms with Gasteiger partial charge in [0.1, 0.15) is 5.76 Å². The lowest BCUT2D eigenvalue weighted by atomic mass is 9.96. The number of aliphatic carboxylic acids is 1. The first kappa shape index (κ1) is 32.0. The average molecular weight is 614 g/mol. The van der Waals surface area contributed by atoms with Crippen LogP contribution in [0.15, 0.2) is 76.0 Å². The quantitative estimate of drug-likeness (QED) is 0.196. The molecule has 0 amide bonds. The SMILES string of the molecule is CCc1cc(CN(Cc2ccc(-c3cccc(C(C)C(=O)O)c3)cc2)S(=O)(=O)c2c(C)cc(C)cc2C)oc1C(F)(F)F. The summed E-state index contributed by atoms with van der Waals surface area (Å²) < 4.78 is 75.4. The fraction of sp³-hybridized carbons (Fsp3) is 0.303. The van der Waals surface area contributed by atoms with E-state index in [1.54, 1.807) is 82.3 Å². The van der Waals surface area contributed by atoms with Crippen LogP contribution in [0.3, 0.4) is 0 Å². The highest BCUT2D eigenvalue weighted by Gasteiger charge is 2.38. The number of hydrogen-bond donors (Lipinski definition) is 1. The summed E-state index contributed by atoms with van der Waals surface area (Å²) in [5.74, 6) is -2.83. The first-order chi connectivity index (χ1) is 20.1. The van der Waals surface area contributed by atoms with Crippen molar-refractivity contribution >= 4 is 16.0 Å².